The Morgan fingerprint density at radius 3 is 2.11 bits per heavy atom. The van der Waals surface area contributed by atoms with E-state index in [-0.39, 0.29) is 0 Å². The zero-order valence-corrected chi connectivity index (χ0v) is 11.8. The summed E-state index contributed by atoms with van der Waals surface area (Å²) in [5.74, 6) is 0. The molecule has 0 aromatic heterocycles. The molecule has 0 aliphatic rings. The largest absolute Gasteiger partial charge is 0.495 e. The molecule has 1 rings (SSSR count). The predicted molar refractivity (Wildman–Crippen MR) is 68.3 cm³/mol. The highest BCUT2D eigenvalue weighted by molar-refractivity contribution is 8.04. The molecule has 2 nitrogen and oxygen atoms in total. The van der Waals surface area contributed by atoms with Crippen molar-refractivity contribution in [3.05, 3.63) is 29.8 Å². The summed E-state index contributed by atoms with van der Waals surface area (Å²) in [6, 6.07) is 4.53. The number of hydrogen-bond acceptors (Lipinski definition) is 3. The lowest BCUT2D eigenvalue weighted by Gasteiger charge is -2.28. The lowest BCUT2D eigenvalue weighted by molar-refractivity contribution is -0.114. The summed E-state index contributed by atoms with van der Waals surface area (Å²) in [7, 11) is 0. The fraction of sp³-hybridized carbons (Fsp3) is 0.222. The van der Waals surface area contributed by atoms with Crippen molar-refractivity contribution in [1.82, 2.24) is 0 Å². The van der Waals surface area contributed by atoms with Gasteiger partial charge in [-0.05, 0) is 23.7 Å². The van der Waals surface area contributed by atoms with E-state index in [9.17, 15) is 22.4 Å². The third-order valence-corrected chi connectivity index (χ3v) is 3.17. The Labute approximate surface area is 124 Å². The van der Waals surface area contributed by atoms with Crippen molar-refractivity contribution in [2.45, 2.75) is 10.2 Å². The summed E-state index contributed by atoms with van der Waals surface area (Å²) in [5, 5.41) is -1.13. The Balaban J connectivity index is 3.30. The zero-order chi connectivity index (χ0) is 14.8. The molecule has 1 aromatic carbocycles. The first-order valence-corrected chi connectivity index (χ1v) is 6.35. The predicted octanol–water partition coefficient (Wildman–Crippen LogP) is 5.10. The Bertz CT molecular complexity index is 477. The SMILES string of the molecule is O=C(Cl)c1ccccc1N(SC(F)(Cl)Cl)C(F)(F)F. The van der Waals surface area contributed by atoms with Crippen molar-refractivity contribution in [3.63, 3.8) is 0 Å². The van der Waals surface area contributed by atoms with Gasteiger partial charge in [0, 0.05) is 11.9 Å². The van der Waals surface area contributed by atoms with Gasteiger partial charge >= 0.3 is 10.2 Å². The van der Waals surface area contributed by atoms with E-state index in [4.69, 9.17) is 34.8 Å². The van der Waals surface area contributed by atoms with Crippen LogP contribution in [-0.4, -0.2) is 15.5 Å². The van der Waals surface area contributed by atoms with Crippen molar-refractivity contribution in [1.29, 1.82) is 0 Å². The van der Waals surface area contributed by atoms with Crippen molar-refractivity contribution >= 4 is 57.7 Å². The molecule has 19 heavy (non-hydrogen) atoms. The fourth-order valence-electron chi connectivity index (χ4n) is 1.16. The molecule has 0 spiro atoms. The number of hydrogen-bond donors (Lipinski definition) is 0. The van der Waals surface area contributed by atoms with Crippen LogP contribution >= 0.6 is 46.8 Å². The second kappa shape index (κ2) is 5.95. The van der Waals surface area contributed by atoms with Crippen LogP contribution in [-0.2, 0) is 0 Å². The normalized spacial score (nSPS) is 12.4. The fourth-order valence-corrected chi connectivity index (χ4v) is 2.30. The van der Waals surface area contributed by atoms with E-state index < -0.39 is 43.0 Å². The van der Waals surface area contributed by atoms with E-state index in [1.54, 1.807) is 0 Å². The van der Waals surface area contributed by atoms with Crippen LogP contribution in [0.4, 0.5) is 23.2 Å². The number of carbonyl (C=O) groups excluding carboxylic acids is 1. The van der Waals surface area contributed by atoms with E-state index in [0.29, 0.717) is 0 Å². The summed E-state index contributed by atoms with van der Waals surface area (Å²) in [6.07, 6.45) is -5.02. The monoisotopic (exact) mass is 355 g/mol. The zero-order valence-electron chi connectivity index (χ0n) is 8.72. The molecule has 0 saturated carbocycles. The van der Waals surface area contributed by atoms with Crippen LogP contribution < -0.4 is 4.31 Å². The highest BCUT2D eigenvalue weighted by Crippen LogP contribution is 2.46. The summed E-state index contributed by atoms with van der Waals surface area (Å²) >= 11 is 14.5. The minimum absolute atomic E-state index is 0.452. The standard InChI is InChI=1S/C9H4Cl3F4NOS/c10-7(18)5-3-1-2-4-6(5)17(9(14,15)16)19-8(11,12)13/h1-4H. The van der Waals surface area contributed by atoms with Gasteiger partial charge < -0.3 is 0 Å². The maximum Gasteiger partial charge on any atom is 0.495 e. The molecule has 0 saturated heterocycles. The van der Waals surface area contributed by atoms with E-state index in [1.165, 1.54) is 12.1 Å². The van der Waals surface area contributed by atoms with Crippen LogP contribution in [0.5, 0.6) is 0 Å². The van der Waals surface area contributed by atoms with Crippen molar-refractivity contribution < 1.29 is 22.4 Å². The molecule has 0 amide bonds. The summed E-state index contributed by atoms with van der Waals surface area (Å²) in [4.78, 5) is 11.1. The Kier molecular flexibility index (Phi) is 5.22. The van der Waals surface area contributed by atoms with Crippen molar-refractivity contribution in [2.75, 3.05) is 4.31 Å². The highest BCUT2D eigenvalue weighted by Gasteiger charge is 2.45. The number of anilines is 1. The van der Waals surface area contributed by atoms with Crippen LogP contribution in [0, 0.1) is 0 Å². The number of alkyl halides is 6. The van der Waals surface area contributed by atoms with Gasteiger partial charge in [-0.15, -0.1) is 13.2 Å². The van der Waals surface area contributed by atoms with Gasteiger partial charge in [0.1, 0.15) is 0 Å². The highest BCUT2D eigenvalue weighted by atomic mass is 35.5. The first kappa shape index (κ1) is 16.7. The van der Waals surface area contributed by atoms with Crippen LogP contribution in [0.3, 0.4) is 0 Å². The molecule has 106 valence electrons. The van der Waals surface area contributed by atoms with E-state index >= 15 is 0 Å². The smallest absolute Gasteiger partial charge is 0.276 e. The number of carbonyl (C=O) groups is 1. The minimum Gasteiger partial charge on any atom is -0.276 e. The first-order chi connectivity index (χ1) is 8.52. The number of benzene rings is 1. The molecule has 0 N–H and O–H groups in total. The van der Waals surface area contributed by atoms with Gasteiger partial charge in [-0.3, -0.25) is 4.79 Å². The van der Waals surface area contributed by atoms with Crippen LogP contribution in [0.25, 0.3) is 0 Å². The molecule has 0 aliphatic carbocycles. The molecule has 0 unspecified atom stereocenters. The van der Waals surface area contributed by atoms with Crippen molar-refractivity contribution in [2.24, 2.45) is 0 Å². The summed E-state index contributed by atoms with van der Waals surface area (Å²) in [5.41, 5.74) is -1.12. The molecular weight excluding hydrogens is 353 g/mol. The lowest BCUT2D eigenvalue weighted by Crippen LogP contribution is -2.35. The molecular formula is C9H4Cl3F4NOS. The van der Waals surface area contributed by atoms with E-state index in [0.717, 1.165) is 12.1 Å². The molecule has 0 heterocycles. The third kappa shape index (κ3) is 4.91. The molecule has 10 heteroatoms. The molecule has 0 bridgehead atoms. The first-order valence-electron chi connectivity index (χ1n) is 4.44. The quantitative estimate of drug-likeness (QED) is 0.246. The van der Waals surface area contributed by atoms with Gasteiger partial charge in [-0.1, -0.05) is 35.3 Å². The van der Waals surface area contributed by atoms with Gasteiger partial charge in [0.2, 0.25) is 0 Å². The van der Waals surface area contributed by atoms with Crippen molar-refractivity contribution in [3.8, 4) is 0 Å². The van der Waals surface area contributed by atoms with Crippen LogP contribution in [0.2, 0.25) is 0 Å². The minimum atomic E-state index is -5.02. The van der Waals surface area contributed by atoms with E-state index in [2.05, 4.69) is 0 Å². The summed E-state index contributed by atoms with van der Waals surface area (Å²) in [6.45, 7) is 0. The van der Waals surface area contributed by atoms with Crippen LogP contribution in [0.15, 0.2) is 24.3 Å². The number of halogens is 7. The Morgan fingerprint density at radius 1 is 1.16 bits per heavy atom. The van der Waals surface area contributed by atoms with Crippen LogP contribution in [0.1, 0.15) is 10.4 Å². The topological polar surface area (TPSA) is 20.3 Å². The van der Waals surface area contributed by atoms with E-state index in [1.807, 2.05) is 0 Å². The molecule has 0 atom stereocenters. The average Bonchev–Trinajstić information content (AvgIpc) is 2.23. The van der Waals surface area contributed by atoms with Gasteiger partial charge in [-0.25, -0.2) is 4.31 Å². The van der Waals surface area contributed by atoms with Gasteiger partial charge in [0.15, 0.2) is 0 Å². The molecule has 0 aliphatic heterocycles. The van der Waals surface area contributed by atoms with Gasteiger partial charge in [0.25, 0.3) is 5.24 Å². The van der Waals surface area contributed by atoms with Gasteiger partial charge in [-0.2, -0.15) is 4.39 Å². The second-order valence-electron chi connectivity index (χ2n) is 3.09. The maximum atomic E-state index is 13.0. The molecule has 0 radical (unpaired) electrons. The maximum absolute atomic E-state index is 13.0. The lowest BCUT2D eigenvalue weighted by atomic mass is 10.2. The summed E-state index contributed by atoms with van der Waals surface area (Å²) < 4.78 is 47.9. The average molecular weight is 357 g/mol. The number of para-hydroxylation sites is 1. The Hall–Kier alpha value is -0.370. The number of nitrogens with zero attached hydrogens (tertiary/aromatic N) is 1. The Morgan fingerprint density at radius 2 is 1.68 bits per heavy atom. The third-order valence-electron chi connectivity index (χ3n) is 1.76. The van der Waals surface area contributed by atoms with Gasteiger partial charge in [0.05, 0.1) is 11.3 Å². The molecule has 1 aromatic rings. The number of rotatable bonds is 4. The second-order valence-corrected chi connectivity index (χ2v) is 6.23. The molecule has 0 fully saturated rings.